The fourth-order valence-corrected chi connectivity index (χ4v) is 2.13. The molecule has 1 aliphatic carbocycles. The van der Waals surface area contributed by atoms with Gasteiger partial charge in [0, 0.05) is 3.58 Å². The summed E-state index contributed by atoms with van der Waals surface area (Å²) >= 11 is 2.36. The topological polar surface area (TPSA) is 20.2 Å². The highest BCUT2D eigenvalue weighted by Crippen LogP contribution is 2.35. The molecule has 0 aromatic carbocycles. The summed E-state index contributed by atoms with van der Waals surface area (Å²) in [5.74, 6) is 0. The molecule has 0 saturated heterocycles. The average Bonchev–Trinajstić information content (AvgIpc) is 2.10. The van der Waals surface area contributed by atoms with E-state index in [9.17, 15) is 5.11 Å². The molecule has 2 heteroatoms. The van der Waals surface area contributed by atoms with Crippen molar-refractivity contribution < 1.29 is 5.11 Å². The lowest BCUT2D eigenvalue weighted by Gasteiger charge is -2.27. The van der Waals surface area contributed by atoms with Gasteiger partial charge in [0.2, 0.25) is 0 Å². The monoisotopic (exact) mass is 306 g/mol. The van der Waals surface area contributed by atoms with Gasteiger partial charge in [0.25, 0.3) is 0 Å². The molecule has 0 heterocycles. The van der Waals surface area contributed by atoms with Crippen LogP contribution in [0.15, 0.2) is 21.8 Å². The quantitative estimate of drug-likeness (QED) is 0.783. The van der Waals surface area contributed by atoms with Crippen molar-refractivity contribution in [2.24, 2.45) is 5.41 Å². The third-order valence-corrected chi connectivity index (χ3v) is 3.58. The lowest BCUT2D eigenvalue weighted by atomic mass is 9.79. The van der Waals surface area contributed by atoms with E-state index in [4.69, 9.17) is 0 Å². The Morgan fingerprint density at radius 2 is 2.36 bits per heavy atom. The number of aliphatic hydroxyl groups excluding tert-OH is 1. The van der Waals surface area contributed by atoms with Gasteiger partial charge in [-0.2, -0.15) is 0 Å². The highest BCUT2D eigenvalue weighted by Gasteiger charge is 2.21. The van der Waals surface area contributed by atoms with Crippen LogP contribution in [0.1, 0.15) is 39.5 Å². The lowest BCUT2D eigenvalue weighted by molar-refractivity contribution is 0.175. The van der Waals surface area contributed by atoms with Gasteiger partial charge < -0.3 is 5.11 Å². The summed E-state index contributed by atoms with van der Waals surface area (Å²) in [6.07, 6.45) is 11.0. The van der Waals surface area contributed by atoms with Gasteiger partial charge in [-0.3, -0.25) is 0 Å². The molecule has 2 atom stereocenters. The molecule has 1 rings (SSSR count). The number of aliphatic hydroxyl groups is 1. The van der Waals surface area contributed by atoms with Crippen LogP contribution in [-0.2, 0) is 0 Å². The fraction of sp³-hybridized carbons (Fsp3) is 0.667. The molecule has 1 nitrogen and oxygen atoms in total. The molecule has 1 unspecified atom stereocenters. The molecule has 80 valence electrons. The van der Waals surface area contributed by atoms with E-state index in [1.165, 1.54) is 10.0 Å². The molecule has 0 saturated carbocycles. The summed E-state index contributed by atoms with van der Waals surface area (Å²) in [7, 11) is 0. The van der Waals surface area contributed by atoms with Crippen molar-refractivity contribution in [1.29, 1.82) is 0 Å². The Morgan fingerprint density at radius 3 is 2.86 bits per heavy atom. The van der Waals surface area contributed by atoms with Gasteiger partial charge in [0.15, 0.2) is 0 Å². The van der Waals surface area contributed by atoms with E-state index in [0.717, 1.165) is 19.3 Å². The molecule has 1 N–H and O–H groups in total. The van der Waals surface area contributed by atoms with Crippen molar-refractivity contribution in [3.8, 4) is 0 Å². The second kappa shape index (κ2) is 5.31. The number of hydrogen-bond donors (Lipinski definition) is 1. The maximum atomic E-state index is 9.18. The van der Waals surface area contributed by atoms with E-state index in [2.05, 4.69) is 47.7 Å². The Balaban J connectivity index is 2.34. The first kappa shape index (κ1) is 12.2. The van der Waals surface area contributed by atoms with E-state index in [1.54, 1.807) is 0 Å². The maximum absolute atomic E-state index is 9.18. The maximum Gasteiger partial charge on any atom is 0.0512 e. The highest BCUT2D eigenvalue weighted by atomic mass is 127. The standard InChI is InChI=1S/C12H19IO/c1-10(14)4-3-7-12(2)8-5-11(13)6-9-12/h5-6,8,10,14H,3-4,7,9H2,1-2H3/t10?,12-/m1/s1. The van der Waals surface area contributed by atoms with Gasteiger partial charge in [-0.25, -0.2) is 0 Å². The van der Waals surface area contributed by atoms with Crippen molar-refractivity contribution >= 4 is 22.6 Å². The highest BCUT2D eigenvalue weighted by molar-refractivity contribution is 14.1. The Hall–Kier alpha value is 0.170. The van der Waals surface area contributed by atoms with Crippen LogP contribution in [0.2, 0.25) is 0 Å². The Labute approximate surface area is 100 Å². The molecular weight excluding hydrogens is 287 g/mol. The van der Waals surface area contributed by atoms with E-state index in [1.807, 2.05) is 6.92 Å². The normalized spacial score (nSPS) is 28.7. The number of rotatable bonds is 4. The number of halogens is 1. The predicted octanol–water partition coefficient (Wildman–Crippen LogP) is 3.82. The van der Waals surface area contributed by atoms with Crippen LogP contribution in [0.3, 0.4) is 0 Å². The van der Waals surface area contributed by atoms with E-state index < -0.39 is 0 Å². The Kier molecular flexibility index (Phi) is 4.64. The molecule has 14 heavy (non-hydrogen) atoms. The smallest absolute Gasteiger partial charge is 0.0512 e. The summed E-state index contributed by atoms with van der Waals surface area (Å²) < 4.78 is 1.34. The molecule has 0 aliphatic heterocycles. The number of hydrogen-bond acceptors (Lipinski definition) is 1. The van der Waals surface area contributed by atoms with E-state index in [0.29, 0.717) is 5.41 Å². The molecule has 0 aromatic rings. The van der Waals surface area contributed by atoms with Gasteiger partial charge in [-0.1, -0.05) is 31.6 Å². The lowest BCUT2D eigenvalue weighted by Crippen LogP contribution is -2.15. The third-order valence-electron chi connectivity index (χ3n) is 2.78. The molecule has 0 amide bonds. The Morgan fingerprint density at radius 1 is 1.64 bits per heavy atom. The van der Waals surface area contributed by atoms with Gasteiger partial charge in [-0.05, 0) is 54.2 Å². The second-order valence-electron chi connectivity index (χ2n) is 4.52. The average molecular weight is 306 g/mol. The summed E-state index contributed by atoms with van der Waals surface area (Å²) in [5, 5.41) is 9.18. The molecule has 1 aliphatic rings. The van der Waals surface area contributed by atoms with Crippen LogP contribution in [-0.4, -0.2) is 11.2 Å². The van der Waals surface area contributed by atoms with Crippen LogP contribution >= 0.6 is 22.6 Å². The van der Waals surface area contributed by atoms with Crippen LogP contribution in [0.5, 0.6) is 0 Å². The second-order valence-corrected chi connectivity index (χ2v) is 5.77. The van der Waals surface area contributed by atoms with Gasteiger partial charge in [0.05, 0.1) is 6.10 Å². The van der Waals surface area contributed by atoms with Crippen LogP contribution in [0.4, 0.5) is 0 Å². The molecule has 0 fully saturated rings. The molecule has 0 spiro atoms. The first-order valence-corrected chi connectivity index (χ1v) is 6.33. The minimum Gasteiger partial charge on any atom is -0.393 e. The van der Waals surface area contributed by atoms with E-state index >= 15 is 0 Å². The summed E-state index contributed by atoms with van der Waals surface area (Å²) in [6.45, 7) is 4.16. The largest absolute Gasteiger partial charge is 0.393 e. The van der Waals surface area contributed by atoms with Gasteiger partial charge in [-0.15, -0.1) is 0 Å². The minimum atomic E-state index is -0.151. The zero-order valence-electron chi connectivity index (χ0n) is 8.96. The Bertz CT molecular complexity index is 243. The van der Waals surface area contributed by atoms with Crippen molar-refractivity contribution in [2.75, 3.05) is 0 Å². The van der Waals surface area contributed by atoms with Crippen LogP contribution in [0.25, 0.3) is 0 Å². The molecule has 0 radical (unpaired) electrons. The third kappa shape index (κ3) is 4.13. The first-order chi connectivity index (χ1) is 6.52. The van der Waals surface area contributed by atoms with Crippen LogP contribution < -0.4 is 0 Å². The van der Waals surface area contributed by atoms with Gasteiger partial charge in [0.1, 0.15) is 0 Å². The zero-order chi connectivity index (χ0) is 10.6. The summed E-state index contributed by atoms with van der Waals surface area (Å²) in [5.41, 5.74) is 0.323. The minimum absolute atomic E-state index is 0.151. The molecule has 0 aromatic heterocycles. The first-order valence-electron chi connectivity index (χ1n) is 5.25. The summed E-state index contributed by atoms with van der Waals surface area (Å²) in [6, 6.07) is 0. The molecular formula is C12H19IO. The predicted molar refractivity (Wildman–Crippen MR) is 69.5 cm³/mol. The van der Waals surface area contributed by atoms with Crippen molar-refractivity contribution in [1.82, 2.24) is 0 Å². The van der Waals surface area contributed by atoms with Crippen LogP contribution in [0, 0.1) is 5.41 Å². The SMILES string of the molecule is CC(O)CCC[C@]1(C)C=CC(I)=CC1. The molecule has 0 bridgehead atoms. The van der Waals surface area contributed by atoms with E-state index in [-0.39, 0.29) is 6.10 Å². The van der Waals surface area contributed by atoms with Crippen molar-refractivity contribution in [2.45, 2.75) is 45.6 Å². The van der Waals surface area contributed by atoms with Gasteiger partial charge >= 0.3 is 0 Å². The van der Waals surface area contributed by atoms with Crippen molar-refractivity contribution in [3.63, 3.8) is 0 Å². The summed E-state index contributed by atoms with van der Waals surface area (Å²) in [4.78, 5) is 0. The zero-order valence-corrected chi connectivity index (χ0v) is 11.1. The number of allylic oxidation sites excluding steroid dienone is 4. The van der Waals surface area contributed by atoms with Crippen molar-refractivity contribution in [3.05, 3.63) is 21.8 Å². The fourth-order valence-electron chi connectivity index (χ4n) is 1.73.